The molecule has 0 aliphatic heterocycles. The lowest BCUT2D eigenvalue weighted by Crippen LogP contribution is -2.14. The van der Waals surface area contributed by atoms with Gasteiger partial charge in [-0.25, -0.2) is 0 Å². The molecule has 5 heteroatoms. The quantitative estimate of drug-likeness (QED) is 0.462. The number of hydrogen-bond donors (Lipinski definition) is 1. The van der Waals surface area contributed by atoms with Crippen LogP contribution in [0.25, 0.3) is 11.6 Å². The van der Waals surface area contributed by atoms with E-state index < -0.39 is 0 Å². The second kappa shape index (κ2) is 9.46. The summed E-state index contributed by atoms with van der Waals surface area (Å²) in [5.74, 6) is 1.69. The fourth-order valence-corrected chi connectivity index (χ4v) is 2.87. The van der Waals surface area contributed by atoms with Gasteiger partial charge in [0.05, 0.1) is 27.0 Å². The van der Waals surface area contributed by atoms with Crippen molar-refractivity contribution in [2.24, 2.45) is 0 Å². The normalized spacial score (nSPS) is 10.9. The second-order valence-corrected chi connectivity index (χ2v) is 6.22. The minimum absolute atomic E-state index is 0.251. The van der Waals surface area contributed by atoms with E-state index in [1.54, 1.807) is 39.5 Å². The molecule has 1 amide bonds. The van der Waals surface area contributed by atoms with Crippen molar-refractivity contribution in [2.45, 2.75) is 0 Å². The minimum Gasteiger partial charge on any atom is -0.497 e. The molecule has 0 spiro atoms. The van der Waals surface area contributed by atoms with Crippen LogP contribution in [-0.4, -0.2) is 27.2 Å². The zero-order valence-corrected chi connectivity index (χ0v) is 16.6. The van der Waals surface area contributed by atoms with E-state index in [1.807, 2.05) is 60.7 Å². The molecule has 0 saturated heterocycles. The van der Waals surface area contributed by atoms with E-state index in [4.69, 9.17) is 14.2 Å². The van der Waals surface area contributed by atoms with Crippen molar-refractivity contribution in [1.29, 1.82) is 0 Å². The summed E-state index contributed by atoms with van der Waals surface area (Å²) in [5.41, 5.74) is 2.76. The Hall–Kier alpha value is -3.73. The van der Waals surface area contributed by atoms with Gasteiger partial charge in [-0.1, -0.05) is 42.5 Å². The van der Waals surface area contributed by atoms with Gasteiger partial charge in [-0.3, -0.25) is 4.79 Å². The lowest BCUT2D eigenvalue weighted by Gasteiger charge is -2.14. The average Bonchev–Trinajstić information content (AvgIpc) is 2.78. The highest BCUT2D eigenvalue weighted by atomic mass is 16.5. The predicted molar refractivity (Wildman–Crippen MR) is 115 cm³/mol. The number of hydrogen-bond acceptors (Lipinski definition) is 4. The first-order valence-corrected chi connectivity index (χ1v) is 9.09. The second-order valence-electron chi connectivity index (χ2n) is 6.22. The molecule has 0 bridgehead atoms. The zero-order valence-electron chi connectivity index (χ0n) is 16.6. The standard InChI is InChI=1S/C24H23NO4/c1-27-19-11-9-17(10-12-19)15-21(18-7-5-4-6-8-18)24(26)25-22-16-20(28-2)13-14-23(22)29-3/h4-16H,1-3H3,(H,25,26)/b21-15+. The summed E-state index contributed by atoms with van der Waals surface area (Å²) in [6.07, 6.45) is 1.84. The Balaban J connectivity index is 1.98. The molecule has 0 radical (unpaired) electrons. The van der Waals surface area contributed by atoms with E-state index in [0.717, 1.165) is 16.9 Å². The summed E-state index contributed by atoms with van der Waals surface area (Å²) in [5, 5.41) is 2.94. The van der Waals surface area contributed by atoms with E-state index in [9.17, 15) is 4.79 Å². The topological polar surface area (TPSA) is 56.8 Å². The number of ether oxygens (including phenoxy) is 3. The number of nitrogens with one attached hydrogen (secondary N) is 1. The fourth-order valence-electron chi connectivity index (χ4n) is 2.87. The molecule has 0 saturated carbocycles. The van der Waals surface area contributed by atoms with Crippen molar-refractivity contribution in [3.63, 3.8) is 0 Å². The van der Waals surface area contributed by atoms with Crippen LogP contribution in [0.4, 0.5) is 5.69 Å². The smallest absolute Gasteiger partial charge is 0.256 e. The molecular weight excluding hydrogens is 366 g/mol. The van der Waals surface area contributed by atoms with Crippen LogP contribution >= 0.6 is 0 Å². The fraction of sp³-hybridized carbons (Fsp3) is 0.125. The van der Waals surface area contributed by atoms with Crippen LogP contribution in [0.1, 0.15) is 11.1 Å². The van der Waals surface area contributed by atoms with Crippen LogP contribution in [0.15, 0.2) is 72.8 Å². The van der Waals surface area contributed by atoms with E-state index in [-0.39, 0.29) is 5.91 Å². The van der Waals surface area contributed by atoms with Gasteiger partial charge in [0, 0.05) is 11.6 Å². The Morgan fingerprint density at radius 2 is 1.45 bits per heavy atom. The van der Waals surface area contributed by atoms with Crippen LogP contribution in [0.5, 0.6) is 17.2 Å². The molecule has 0 aromatic heterocycles. The summed E-state index contributed by atoms with van der Waals surface area (Å²) < 4.78 is 15.8. The molecule has 0 fully saturated rings. The van der Waals surface area contributed by atoms with Gasteiger partial charge < -0.3 is 19.5 Å². The first kappa shape index (κ1) is 20.0. The van der Waals surface area contributed by atoms with Gasteiger partial charge in [0.1, 0.15) is 17.2 Å². The monoisotopic (exact) mass is 389 g/mol. The first-order chi connectivity index (χ1) is 14.1. The van der Waals surface area contributed by atoms with Crippen molar-refractivity contribution < 1.29 is 19.0 Å². The van der Waals surface area contributed by atoms with Crippen molar-refractivity contribution in [2.75, 3.05) is 26.6 Å². The third-order valence-corrected chi connectivity index (χ3v) is 4.41. The summed E-state index contributed by atoms with van der Waals surface area (Å²) in [7, 11) is 4.75. The SMILES string of the molecule is COc1ccc(/C=C(/C(=O)Nc2cc(OC)ccc2OC)c2ccccc2)cc1. The van der Waals surface area contributed by atoms with Gasteiger partial charge in [-0.2, -0.15) is 0 Å². The lowest BCUT2D eigenvalue weighted by atomic mass is 10.0. The Labute approximate surface area is 170 Å². The van der Waals surface area contributed by atoms with Crippen LogP contribution in [0.3, 0.4) is 0 Å². The number of anilines is 1. The van der Waals surface area contributed by atoms with Crippen molar-refractivity contribution >= 4 is 23.2 Å². The lowest BCUT2D eigenvalue weighted by molar-refractivity contribution is -0.111. The molecule has 1 N–H and O–H groups in total. The molecular formula is C24H23NO4. The molecule has 3 aromatic carbocycles. The number of benzene rings is 3. The van der Waals surface area contributed by atoms with Crippen molar-refractivity contribution in [3.8, 4) is 17.2 Å². The highest BCUT2D eigenvalue weighted by Crippen LogP contribution is 2.30. The number of carbonyl (C=O) groups excluding carboxylic acids is 1. The van der Waals surface area contributed by atoms with E-state index in [1.165, 1.54) is 0 Å². The maximum Gasteiger partial charge on any atom is 0.256 e. The molecule has 3 rings (SSSR count). The molecule has 0 heterocycles. The minimum atomic E-state index is -0.251. The summed E-state index contributed by atoms with van der Waals surface area (Å²) in [6.45, 7) is 0. The number of carbonyl (C=O) groups is 1. The molecule has 3 aromatic rings. The Kier molecular flexibility index (Phi) is 6.53. The third-order valence-electron chi connectivity index (χ3n) is 4.41. The number of rotatable bonds is 7. The van der Waals surface area contributed by atoms with Crippen LogP contribution in [-0.2, 0) is 4.79 Å². The molecule has 5 nitrogen and oxygen atoms in total. The van der Waals surface area contributed by atoms with Gasteiger partial charge in [0.15, 0.2) is 0 Å². The average molecular weight is 389 g/mol. The van der Waals surface area contributed by atoms with E-state index >= 15 is 0 Å². The Bertz CT molecular complexity index is 995. The molecule has 0 aliphatic carbocycles. The van der Waals surface area contributed by atoms with Gasteiger partial charge in [-0.15, -0.1) is 0 Å². The molecule has 29 heavy (non-hydrogen) atoms. The summed E-state index contributed by atoms with van der Waals surface area (Å²) in [4.78, 5) is 13.2. The third kappa shape index (κ3) is 4.96. The van der Waals surface area contributed by atoms with Gasteiger partial charge in [-0.05, 0) is 41.5 Å². The van der Waals surface area contributed by atoms with Gasteiger partial charge >= 0.3 is 0 Å². The van der Waals surface area contributed by atoms with E-state index in [2.05, 4.69) is 5.32 Å². The molecule has 0 unspecified atom stereocenters. The maximum absolute atomic E-state index is 13.2. The largest absolute Gasteiger partial charge is 0.497 e. The highest BCUT2D eigenvalue weighted by molar-refractivity contribution is 6.29. The van der Waals surface area contributed by atoms with Crippen LogP contribution in [0, 0.1) is 0 Å². The number of amides is 1. The van der Waals surface area contributed by atoms with Crippen molar-refractivity contribution in [3.05, 3.63) is 83.9 Å². The van der Waals surface area contributed by atoms with Gasteiger partial charge in [0.2, 0.25) is 0 Å². The Morgan fingerprint density at radius 3 is 2.07 bits per heavy atom. The predicted octanol–water partition coefficient (Wildman–Crippen LogP) is 4.89. The van der Waals surface area contributed by atoms with Crippen LogP contribution in [0.2, 0.25) is 0 Å². The highest BCUT2D eigenvalue weighted by Gasteiger charge is 2.15. The first-order valence-electron chi connectivity index (χ1n) is 9.09. The Morgan fingerprint density at radius 1 is 0.793 bits per heavy atom. The summed E-state index contributed by atoms with van der Waals surface area (Å²) >= 11 is 0. The zero-order chi connectivity index (χ0) is 20.6. The summed E-state index contributed by atoms with van der Waals surface area (Å²) in [6, 6.07) is 22.3. The van der Waals surface area contributed by atoms with Crippen LogP contribution < -0.4 is 19.5 Å². The molecule has 0 atom stereocenters. The molecule has 0 aliphatic rings. The maximum atomic E-state index is 13.2. The van der Waals surface area contributed by atoms with E-state index in [0.29, 0.717) is 22.8 Å². The van der Waals surface area contributed by atoms with Gasteiger partial charge in [0.25, 0.3) is 5.91 Å². The molecule has 148 valence electrons. The van der Waals surface area contributed by atoms with Crippen molar-refractivity contribution in [1.82, 2.24) is 0 Å². The number of methoxy groups -OCH3 is 3.